The van der Waals surface area contributed by atoms with Crippen LogP contribution >= 0.6 is 23.2 Å². The van der Waals surface area contributed by atoms with Crippen LogP contribution in [0.1, 0.15) is 34.2 Å². The number of carbonyl (C=O) groups is 1. The van der Waals surface area contributed by atoms with Crippen molar-refractivity contribution in [3.05, 3.63) is 75.0 Å². The number of benzene rings is 2. The zero-order valence-electron chi connectivity index (χ0n) is 15.1. The van der Waals surface area contributed by atoms with Crippen molar-refractivity contribution in [3.63, 3.8) is 0 Å². The van der Waals surface area contributed by atoms with Gasteiger partial charge in [0.15, 0.2) is 5.76 Å². The second kappa shape index (κ2) is 7.99. The Hall–Kier alpha value is -2.56. The van der Waals surface area contributed by atoms with Crippen molar-refractivity contribution in [2.24, 2.45) is 5.10 Å². The Morgan fingerprint density at radius 1 is 1.15 bits per heavy atom. The number of rotatable bonds is 4. The number of allylic oxidation sites excluding steroid dienone is 2. The second-order valence-electron chi connectivity index (χ2n) is 6.26. The predicted octanol–water partition coefficient (Wildman–Crippen LogP) is 6.09. The lowest BCUT2D eigenvalue weighted by molar-refractivity contribution is 0.0929. The number of aryl methyl sites for hydroxylation is 2. The Morgan fingerprint density at radius 3 is 2.67 bits per heavy atom. The van der Waals surface area contributed by atoms with E-state index < -0.39 is 5.91 Å². The minimum Gasteiger partial charge on any atom is -0.451 e. The molecule has 0 aliphatic carbocycles. The lowest BCUT2D eigenvalue weighted by Gasteiger charge is -2.08. The van der Waals surface area contributed by atoms with Gasteiger partial charge in [0.2, 0.25) is 0 Å². The topological polar surface area (TPSA) is 54.6 Å². The van der Waals surface area contributed by atoms with Crippen molar-refractivity contribution in [3.8, 4) is 0 Å². The Balaban J connectivity index is 1.80. The zero-order chi connectivity index (χ0) is 19.6. The number of hydrazone groups is 1. The molecule has 6 heteroatoms. The smallest absolute Gasteiger partial charge is 0.307 e. The average Bonchev–Trinajstić information content (AvgIpc) is 3.04. The number of furan rings is 1. The van der Waals surface area contributed by atoms with Gasteiger partial charge in [0.25, 0.3) is 0 Å². The molecular formula is C21H18Cl2N2O2. The van der Waals surface area contributed by atoms with E-state index in [1.807, 2.05) is 50.2 Å². The molecule has 0 spiro atoms. The molecule has 0 saturated heterocycles. The highest BCUT2D eigenvalue weighted by Crippen LogP contribution is 2.26. The van der Waals surface area contributed by atoms with Crippen LogP contribution in [0.3, 0.4) is 0 Å². The van der Waals surface area contributed by atoms with E-state index in [9.17, 15) is 4.79 Å². The van der Waals surface area contributed by atoms with Crippen LogP contribution in [0.25, 0.3) is 16.5 Å². The summed E-state index contributed by atoms with van der Waals surface area (Å²) in [4.78, 5) is 12.3. The molecular weight excluding hydrogens is 383 g/mol. The van der Waals surface area contributed by atoms with Crippen molar-refractivity contribution in [2.75, 3.05) is 0 Å². The van der Waals surface area contributed by atoms with Gasteiger partial charge in [-0.2, -0.15) is 5.10 Å². The van der Waals surface area contributed by atoms with Gasteiger partial charge in [-0.15, -0.1) is 0 Å². The highest BCUT2D eigenvalue weighted by Gasteiger charge is 2.12. The van der Waals surface area contributed by atoms with Gasteiger partial charge < -0.3 is 4.42 Å². The number of hydrogen-bond acceptors (Lipinski definition) is 3. The molecule has 3 rings (SSSR count). The summed E-state index contributed by atoms with van der Waals surface area (Å²) in [7, 11) is 0. The Kier molecular flexibility index (Phi) is 5.68. The number of hydrogen-bond donors (Lipinski definition) is 1. The van der Waals surface area contributed by atoms with E-state index in [1.54, 1.807) is 13.0 Å². The van der Waals surface area contributed by atoms with E-state index in [0.29, 0.717) is 21.2 Å². The standard InChI is InChI=1S/C21H18Cl2N2O2/c1-12-4-7-19-15(8-12)9-20(27-19)21(26)25-24-11-18(14(3)22)17-10-16(23)6-5-13(17)2/h4-11H,1-3H3,(H,25,26)/b18-14+,24-11+. The van der Waals surface area contributed by atoms with Crippen molar-refractivity contribution in [2.45, 2.75) is 20.8 Å². The Morgan fingerprint density at radius 2 is 1.93 bits per heavy atom. The molecule has 1 aromatic heterocycles. The third-order valence-corrected chi connectivity index (χ3v) is 4.55. The maximum absolute atomic E-state index is 12.3. The molecule has 0 aliphatic rings. The molecule has 138 valence electrons. The molecule has 3 aromatic rings. The van der Waals surface area contributed by atoms with E-state index in [1.165, 1.54) is 6.21 Å². The lowest BCUT2D eigenvalue weighted by atomic mass is 10.0. The van der Waals surface area contributed by atoms with Crippen LogP contribution in [-0.4, -0.2) is 12.1 Å². The number of nitrogens with one attached hydrogen (secondary N) is 1. The summed E-state index contributed by atoms with van der Waals surface area (Å²) < 4.78 is 5.57. The lowest BCUT2D eigenvalue weighted by Crippen LogP contribution is -2.16. The van der Waals surface area contributed by atoms with Gasteiger partial charge >= 0.3 is 5.91 Å². The SMILES string of the molecule is C/C(Cl)=C(/C=N/NC(=O)c1cc2cc(C)ccc2o1)c1cc(Cl)ccc1C. The van der Waals surface area contributed by atoms with Crippen molar-refractivity contribution >= 4 is 51.9 Å². The third kappa shape index (κ3) is 4.41. The quantitative estimate of drug-likeness (QED) is 0.425. The first kappa shape index (κ1) is 19.2. The number of fused-ring (bicyclic) bond motifs is 1. The largest absolute Gasteiger partial charge is 0.451 e. The van der Waals surface area contributed by atoms with Gasteiger partial charge in [0.05, 0.1) is 6.21 Å². The number of amides is 1. The third-order valence-electron chi connectivity index (χ3n) is 4.12. The Labute approximate surface area is 167 Å². The first-order valence-corrected chi connectivity index (χ1v) is 9.07. The van der Waals surface area contributed by atoms with Crippen LogP contribution in [0.4, 0.5) is 0 Å². The zero-order valence-corrected chi connectivity index (χ0v) is 16.7. The highest BCUT2D eigenvalue weighted by atomic mass is 35.5. The van der Waals surface area contributed by atoms with Crippen LogP contribution in [0.15, 0.2) is 57.0 Å². The molecule has 1 N–H and O–H groups in total. The summed E-state index contributed by atoms with van der Waals surface area (Å²) in [5, 5.41) is 6.04. The molecule has 0 saturated carbocycles. The fourth-order valence-corrected chi connectivity index (χ4v) is 3.04. The van der Waals surface area contributed by atoms with Gasteiger partial charge in [-0.3, -0.25) is 4.79 Å². The van der Waals surface area contributed by atoms with E-state index in [4.69, 9.17) is 27.6 Å². The first-order valence-electron chi connectivity index (χ1n) is 8.31. The minimum atomic E-state index is -0.436. The summed E-state index contributed by atoms with van der Waals surface area (Å²) in [6, 6.07) is 12.9. The molecule has 27 heavy (non-hydrogen) atoms. The van der Waals surface area contributed by atoms with Crippen LogP contribution in [0.5, 0.6) is 0 Å². The summed E-state index contributed by atoms with van der Waals surface area (Å²) in [6.45, 7) is 5.69. The molecule has 4 nitrogen and oxygen atoms in total. The number of halogens is 2. The maximum atomic E-state index is 12.3. The minimum absolute atomic E-state index is 0.194. The maximum Gasteiger partial charge on any atom is 0.307 e. The fourth-order valence-electron chi connectivity index (χ4n) is 2.71. The van der Waals surface area contributed by atoms with E-state index >= 15 is 0 Å². The molecule has 0 atom stereocenters. The van der Waals surface area contributed by atoms with Gasteiger partial charge in [0, 0.05) is 21.0 Å². The van der Waals surface area contributed by atoms with Crippen molar-refractivity contribution < 1.29 is 9.21 Å². The summed E-state index contributed by atoms with van der Waals surface area (Å²) >= 11 is 12.3. The average molecular weight is 401 g/mol. The summed E-state index contributed by atoms with van der Waals surface area (Å²) in [6.07, 6.45) is 1.51. The summed E-state index contributed by atoms with van der Waals surface area (Å²) in [5.74, 6) is -0.241. The monoisotopic (exact) mass is 400 g/mol. The number of carbonyl (C=O) groups excluding carboxylic acids is 1. The molecule has 0 bridgehead atoms. The van der Waals surface area contributed by atoms with Gasteiger partial charge in [-0.25, -0.2) is 5.43 Å². The Bertz CT molecular complexity index is 1080. The van der Waals surface area contributed by atoms with Crippen LogP contribution in [0.2, 0.25) is 5.02 Å². The highest BCUT2D eigenvalue weighted by molar-refractivity contribution is 6.37. The fraction of sp³-hybridized carbons (Fsp3) is 0.143. The van der Waals surface area contributed by atoms with Crippen LogP contribution in [-0.2, 0) is 0 Å². The van der Waals surface area contributed by atoms with Crippen LogP contribution in [0, 0.1) is 13.8 Å². The molecule has 0 unspecified atom stereocenters. The first-order chi connectivity index (χ1) is 12.8. The number of nitrogens with zero attached hydrogens (tertiary/aromatic N) is 1. The second-order valence-corrected chi connectivity index (χ2v) is 7.26. The van der Waals surface area contributed by atoms with Gasteiger partial charge in [-0.05, 0) is 62.2 Å². The van der Waals surface area contributed by atoms with E-state index in [-0.39, 0.29) is 5.76 Å². The molecule has 0 fully saturated rings. The predicted molar refractivity (Wildman–Crippen MR) is 112 cm³/mol. The van der Waals surface area contributed by atoms with Gasteiger partial charge in [-0.1, -0.05) is 40.9 Å². The molecule has 2 aromatic carbocycles. The van der Waals surface area contributed by atoms with E-state index in [2.05, 4.69) is 10.5 Å². The normalized spacial score (nSPS) is 12.5. The van der Waals surface area contributed by atoms with Crippen molar-refractivity contribution in [1.29, 1.82) is 0 Å². The molecule has 1 heterocycles. The molecule has 1 amide bonds. The van der Waals surface area contributed by atoms with E-state index in [0.717, 1.165) is 22.1 Å². The van der Waals surface area contributed by atoms with Crippen molar-refractivity contribution in [1.82, 2.24) is 5.43 Å². The molecule has 0 aliphatic heterocycles. The molecule has 0 radical (unpaired) electrons. The van der Waals surface area contributed by atoms with Gasteiger partial charge in [0.1, 0.15) is 5.58 Å². The summed E-state index contributed by atoms with van der Waals surface area (Å²) in [5.41, 5.74) is 6.76. The van der Waals surface area contributed by atoms with Crippen LogP contribution < -0.4 is 5.43 Å².